The fraction of sp³-hybridized carbons (Fsp3) is 0.333. The van der Waals surface area contributed by atoms with Gasteiger partial charge in [0.2, 0.25) is 5.54 Å². The van der Waals surface area contributed by atoms with Gasteiger partial charge in [-0.25, -0.2) is 9.59 Å². The zero-order valence-corrected chi connectivity index (χ0v) is 11.1. The average Bonchev–Trinajstić information content (AvgIpc) is 2.37. The van der Waals surface area contributed by atoms with Crippen molar-refractivity contribution in [2.24, 2.45) is 0 Å². The summed E-state index contributed by atoms with van der Waals surface area (Å²) in [4.78, 5) is 22.3. The van der Waals surface area contributed by atoms with Crippen LogP contribution in [0, 0.1) is 0 Å². The van der Waals surface area contributed by atoms with Crippen molar-refractivity contribution in [1.29, 1.82) is 0 Å². The van der Waals surface area contributed by atoms with Crippen LogP contribution < -0.4 is 15.4 Å². The Morgan fingerprint density at radius 3 is 2.38 bits per heavy atom. The lowest BCUT2D eigenvalue weighted by molar-refractivity contribution is -0.203. The summed E-state index contributed by atoms with van der Waals surface area (Å²) >= 11 is 0. The molecule has 2 amide bonds. The van der Waals surface area contributed by atoms with E-state index in [4.69, 9.17) is 9.84 Å². The molecule has 3 N–H and O–H groups in total. The maximum absolute atomic E-state index is 12.7. The number of ether oxygens (including phenoxy) is 1. The minimum Gasteiger partial charge on any atom is -0.497 e. The lowest BCUT2D eigenvalue weighted by Gasteiger charge is -2.28. The van der Waals surface area contributed by atoms with Crippen molar-refractivity contribution in [2.75, 3.05) is 12.4 Å². The molecule has 21 heavy (non-hydrogen) atoms. The molecule has 0 aliphatic rings. The molecule has 0 heterocycles. The number of urea groups is 1. The quantitative estimate of drug-likeness (QED) is 0.796. The maximum atomic E-state index is 12.7. The van der Waals surface area contributed by atoms with Gasteiger partial charge < -0.3 is 20.5 Å². The van der Waals surface area contributed by atoms with E-state index in [0.717, 1.165) is 0 Å². The number of carboxylic acids is 1. The minimum absolute atomic E-state index is 0.154. The summed E-state index contributed by atoms with van der Waals surface area (Å²) in [7, 11) is 1.38. The number of carboxylic acid groups (broad SMARTS) is 1. The first-order valence-electron chi connectivity index (χ1n) is 5.63. The van der Waals surface area contributed by atoms with Crippen LogP contribution in [-0.4, -0.2) is 35.9 Å². The smallest absolute Gasteiger partial charge is 0.422 e. The fourth-order valence-corrected chi connectivity index (χ4v) is 1.34. The maximum Gasteiger partial charge on any atom is 0.422 e. The Labute approximate surface area is 117 Å². The van der Waals surface area contributed by atoms with Gasteiger partial charge in [-0.3, -0.25) is 0 Å². The number of anilines is 1. The molecular formula is C12H13F3N2O4. The van der Waals surface area contributed by atoms with Crippen LogP contribution in [0.2, 0.25) is 0 Å². The van der Waals surface area contributed by atoms with E-state index >= 15 is 0 Å². The molecule has 0 aliphatic heterocycles. The number of benzene rings is 1. The van der Waals surface area contributed by atoms with E-state index in [2.05, 4.69) is 5.32 Å². The second-order valence-electron chi connectivity index (χ2n) is 4.24. The van der Waals surface area contributed by atoms with Crippen molar-refractivity contribution in [1.82, 2.24) is 5.32 Å². The lowest BCUT2D eigenvalue weighted by Crippen LogP contribution is -2.62. The predicted octanol–water partition coefficient (Wildman–Crippen LogP) is 2.22. The van der Waals surface area contributed by atoms with Gasteiger partial charge in [0, 0.05) is 11.8 Å². The third-order valence-corrected chi connectivity index (χ3v) is 2.69. The SMILES string of the molecule is COc1cccc(NC(=O)NC(C)(C(=O)O)C(F)(F)F)c1. The van der Waals surface area contributed by atoms with Crippen molar-refractivity contribution >= 4 is 17.7 Å². The van der Waals surface area contributed by atoms with Crippen LogP contribution in [0.4, 0.5) is 23.7 Å². The van der Waals surface area contributed by atoms with Gasteiger partial charge in [0.05, 0.1) is 7.11 Å². The van der Waals surface area contributed by atoms with E-state index in [1.54, 1.807) is 6.07 Å². The number of carbonyl (C=O) groups excluding carboxylic acids is 1. The molecule has 0 radical (unpaired) electrons. The molecule has 1 unspecified atom stereocenters. The number of methoxy groups -OCH3 is 1. The number of rotatable bonds is 4. The van der Waals surface area contributed by atoms with Gasteiger partial charge in [0.25, 0.3) is 0 Å². The van der Waals surface area contributed by atoms with Gasteiger partial charge in [0.15, 0.2) is 0 Å². The predicted molar refractivity (Wildman–Crippen MR) is 67.2 cm³/mol. The molecule has 0 aliphatic carbocycles. The van der Waals surface area contributed by atoms with Gasteiger partial charge in [-0.1, -0.05) is 6.07 Å². The van der Waals surface area contributed by atoms with E-state index in [0.29, 0.717) is 12.7 Å². The molecule has 1 aromatic rings. The van der Waals surface area contributed by atoms with Crippen molar-refractivity contribution in [3.63, 3.8) is 0 Å². The Balaban J connectivity index is 2.87. The summed E-state index contributed by atoms with van der Waals surface area (Å²) in [6, 6.07) is 4.55. The summed E-state index contributed by atoms with van der Waals surface area (Å²) in [6.45, 7) is 0.362. The average molecular weight is 306 g/mol. The van der Waals surface area contributed by atoms with Gasteiger partial charge in [-0.2, -0.15) is 13.2 Å². The van der Waals surface area contributed by atoms with Crippen LogP contribution in [0.15, 0.2) is 24.3 Å². The highest BCUT2D eigenvalue weighted by Crippen LogP contribution is 2.30. The summed E-state index contributed by atoms with van der Waals surface area (Å²) < 4.78 is 43.1. The zero-order valence-electron chi connectivity index (χ0n) is 11.1. The van der Waals surface area contributed by atoms with Gasteiger partial charge >= 0.3 is 18.2 Å². The Kier molecular flexibility index (Phi) is 4.66. The number of alkyl halides is 3. The van der Waals surface area contributed by atoms with Gasteiger partial charge in [-0.15, -0.1) is 0 Å². The Hall–Kier alpha value is -2.45. The first kappa shape index (κ1) is 16.6. The number of carbonyl (C=O) groups is 2. The van der Waals surface area contributed by atoms with Crippen LogP contribution in [-0.2, 0) is 4.79 Å². The third-order valence-electron chi connectivity index (χ3n) is 2.69. The molecule has 9 heteroatoms. The van der Waals surface area contributed by atoms with Gasteiger partial charge in [-0.05, 0) is 19.1 Å². The number of hydrogen-bond donors (Lipinski definition) is 3. The molecule has 0 spiro atoms. The molecule has 0 saturated heterocycles. The lowest BCUT2D eigenvalue weighted by atomic mass is 10.0. The minimum atomic E-state index is -5.15. The van der Waals surface area contributed by atoms with Crippen LogP contribution in [0.1, 0.15) is 6.92 Å². The normalized spacial score (nSPS) is 14.0. The number of amides is 2. The first-order valence-corrected chi connectivity index (χ1v) is 5.63. The van der Waals surface area contributed by atoms with Crippen LogP contribution in [0.3, 0.4) is 0 Å². The third kappa shape index (κ3) is 3.77. The van der Waals surface area contributed by atoms with E-state index in [1.165, 1.54) is 30.6 Å². The Morgan fingerprint density at radius 2 is 1.90 bits per heavy atom. The topological polar surface area (TPSA) is 87.7 Å². The molecular weight excluding hydrogens is 293 g/mol. The molecule has 6 nitrogen and oxygen atoms in total. The number of aliphatic carboxylic acids is 1. The molecule has 0 aromatic heterocycles. The van der Waals surface area contributed by atoms with E-state index in [-0.39, 0.29) is 5.69 Å². The highest BCUT2D eigenvalue weighted by Gasteiger charge is 2.58. The van der Waals surface area contributed by atoms with Gasteiger partial charge in [0.1, 0.15) is 5.75 Å². The Morgan fingerprint density at radius 1 is 1.29 bits per heavy atom. The molecule has 1 aromatic carbocycles. The molecule has 1 atom stereocenters. The number of nitrogens with one attached hydrogen (secondary N) is 2. The number of hydrogen-bond acceptors (Lipinski definition) is 3. The monoisotopic (exact) mass is 306 g/mol. The summed E-state index contributed by atoms with van der Waals surface area (Å²) in [5.41, 5.74) is -3.24. The highest BCUT2D eigenvalue weighted by atomic mass is 19.4. The first-order chi connectivity index (χ1) is 9.60. The molecule has 0 bridgehead atoms. The standard InChI is InChI=1S/C12H13F3N2O4/c1-11(9(18)19,12(13,14)15)17-10(20)16-7-4-3-5-8(6-7)21-2/h3-6H,1-2H3,(H,18,19)(H2,16,17,20). The van der Waals surface area contributed by atoms with Crippen LogP contribution in [0.5, 0.6) is 5.75 Å². The van der Waals surface area contributed by atoms with Crippen molar-refractivity contribution in [3.8, 4) is 5.75 Å². The second kappa shape index (κ2) is 5.90. The fourth-order valence-electron chi connectivity index (χ4n) is 1.34. The molecule has 0 fully saturated rings. The van der Waals surface area contributed by atoms with Crippen molar-refractivity contribution in [3.05, 3.63) is 24.3 Å². The van der Waals surface area contributed by atoms with E-state index in [9.17, 15) is 22.8 Å². The van der Waals surface area contributed by atoms with Crippen LogP contribution >= 0.6 is 0 Å². The van der Waals surface area contributed by atoms with Crippen LogP contribution in [0.25, 0.3) is 0 Å². The highest BCUT2D eigenvalue weighted by molar-refractivity contribution is 5.94. The summed E-state index contributed by atoms with van der Waals surface area (Å²) in [5.74, 6) is -1.83. The van der Waals surface area contributed by atoms with Crippen molar-refractivity contribution < 1.29 is 32.6 Å². The summed E-state index contributed by atoms with van der Waals surface area (Å²) in [6.07, 6.45) is -5.15. The molecule has 116 valence electrons. The largest absolute Gasteiger partial charge is 0.497 e. The zero-order chi connectivity index (χ0) is 16.3. The molecule has 0 saturated carbocycles. The molecule has 1 rings (SSSR count). The number of halogens is 3. The second-order valence-corrected chi connectivity index (χ2v) is 4.24. The summed E-state index contributed by atoms with van der Waals surface area (Å²) in [5, 5.41) is 12.2. The van der Waals surface area contributed by atoms with Crippen molar-refractivity contribution in [2.45, 2.75) is 18.6 Å². The Bertz CT molecular complexity index is 548. The van der Waals surface area contributed by atoms with E-state index in [1.807, 2.05) is 0 Å². The van der Waals surface area contributed by atoms with E-state index < -0.39 is 23.7 Å².